The van der Waals surface area contributed by atoms with Gasteiger partial charge in [0.05, 0.1) is 12.6 Å². The van der Waals surface area contributed by atoms with E-state index in [9.17, 15) is 14.4 Å². The Morgan fingerprint density at radius 2 is 1.77 bits per heavy atom. The second-order valence-electron chi connectivity index (χ2n) is 8.38. The summed E-state index contributed by atoms with van der Waals surface area (Å²) in [6.45, 7) is 7.75. The van der Waals surface area contributed by atoms with Gasteiger partial charge in [-0.15, -0.1) is 0 Å². The van der Waals surface area contributed by atoms with Crippen molar-refractivity contribution in [3.05, 3.63) is 0 Å². The number of amides is 4. The maximum absolute atomic E-state index is 12.1. The molecule has 0 aromatic rings. The van der Waals surface area contributed by atoms with Crippen LogP contribution in [0, 0.1) is 5.92 Å². The largest absolute Gasteiger partial charge is 0.444 e. The fourth-order valence-corrected chi connectivity index (χ4v) is 3.51. The van der Waals surface area contributed by atoms with Crippen molar-refractivity contribution in [1.82, 2.24) is 19.6 Å². The zero-order chi connectivity index (χ0) is 19.6. The van der Waals surface area contributed by atoms with E-state index in [-0.39, 0.29) is 24.2 Å². The number of nitrogens with zero attached hydrogens (tertiary/aromatic N) is 4. The highest BCUT2D eigenvalue weighted by Gasteiger charge is 2.37. The highest BCUT2D eigenvalue weighted by atomic mass is 16.6. The lowest BCUT2D eigenvalue weighted by atomic mass is 9.96. The van der Waals surface area contributed by atoms with Crippen LogP contribution in [0.2, 0.25) is 0 Å². The molecule has 2 aliphatic heterocycles. The molecule has 8 heteroatoms. The van der Waals surface area contributed by atoms with E-state index in [1.165, 1.54) is 11.9 Å². The van der Waals surface area contributed by atoms with Crippen molar-refractivity contribution >= 4 is 18.0 Å². The van der Waals surface area contributed by atoms with Crippen LogP contribution in [0.1, 0.15) is 40.0 Å². The molecule has 0 spiro atoms. The van der Waals surface area contributed by atoms with Gasteiger partial charge in [-0.25, -0.2) is 9.59 Å². The topological polar surface area (TPSA) is 73.4 Å². The Balaban J connectivity index is 1.84. The quantitative estimate of drug-likeness (QED) is 0.760. The van der Waals surface area contributed by atoms with Gasteiger partial charge in [0, 0.05) is 33.7 Å². The first-order chi connectivity index (χ1) is 12.0. The molecule has 0 radical (unpaired) electrons. The molecule has 2 saturated heterocycles. The molecular formula is C18H32N4O4. The van der Waals surface area contributed by atoms with Gasteiger partial charge in [-0.1, -0.05) is 0 Å². The Labute approximate surface area is 156 Å². The Hall–Kier alpha value is -1.83. The molecule has 4 amide bonds. The van der Waals surface area contributed by atoms with E-state index in [1.54, 1.807) is 16.8 Å². The second-order valence-corrected chi connectivity index (χ2v) is 8.38. The van der Waals surface area contributed by atoms with Crippen molar-refractivity contribution in [2.75, 3.05) is 40.8 Å². The Morgan fingerprint density at radius 3 is 2.31 bits per heavy atom. The number of imide groups is 1. The van der Waals surface area contributed by atoms with Crippen LogP contribution in [-0.2, 0) is 9.53 Å². The Bertz CT molecular complexity index is 552. The minimum absolute atomic E-state index is 0.148. The Kier molecular flexibility index (Phi) is 6.16. The van der Waals surface area contributed by atoms with Gasteiger partial charge in [0.1, 0.15) is 5.60 Å². The summed E-state index contributed by atoms with van der Waals surface area (Å²) in [4.78, 5) is 42.9. The first-order valence-corrected chi connectivity index (χ1v) is 9.21. The lowest BCUT2D eigenvalue weighted by Gasteiger charge is -2.42. The first kappa shape index (κ1) is 20.5. The molecule has 0 aromatic carbocycles. The van der Waals surface area contributed by atoms with Gasteiger partial charge in [0.15, 0.2) is 0 Å². The minimum Gasteiger partial charge on any atom is -0.444 e. The fourth-order valence-electron chi connectivity index (χ4n) is 3.51. The summed E-state index contributed by atoms with van der Waals surface area (Å²) in [6.07, 6.45) is 1.63. The standard InChI is InChI=1S/C18H32N4O4/c1-18(2,3)26-17(25)22-9-7-13(8-10-22)12-19(4)14-11-15(23)21(6)16(24)20(14)5/h13-14H,7-12H2,1-6H3. The lowest BCUT2D eigenvalue weighted by Crippen LogP contribution is -2.59. The fraction of sp³-hybridized carbons (Fsp3) is 0.833. The molecular weight excluding hydrogens is 336 g/mol. The van der Waals surface area contributed by atoms with Crippen molar-refractivity contribution in [3.63, 3.8) is 0 Å². The summed E-state index contributed by atoms with van der Waals surface area (Å²) >= 11 is 0. The average molecular weight is 368 g/mol. The first-order valence-electron chi connectivity index (χ1n) is 9.21. The van der Waals surface area contributed by atoms with Gasteiger partial charge in [-0.2, -0.15) is 0 Å². The summed E-state index contributed by atoms with van der Waals surface area (Å²) in [7, 11) is 5.20. The van der Waals surface area contributed by atoms with Crippen molar-refractivity contribution in [1.29, 1.82) is 0 Å². The number of hydrogen-bond donors (Lipinski definition) is 0. The van der Waals surface area contributed by atoms with E-state index >= 15 is 0 Å². The average Bonchev–Trinajstić information content (AvgIpc) is 2.55. The number of carbonyl (C=O) groups excluding carboxylic acids is 3. The van der Waals surface area contributed by atoms with Crippen LogP contribution in [-0.4, -0.2) is 90.2 Å². The monoisotopic (exact) mass is 368 g/mol. The molecule has 8 nitrogen and oxygen atoms in total. The number of carbonyl (C=O) groups is 3. The summed E-state index contributed by atoms with van der Waals surface area (Å²) in [5, 5.41) is 0. The van der Waals surface area contributed by atoms with Crippen LogP contribution in [0.4, 0.5) is 9.59 Å². The molecule has 0 aliphatic carbocycles. The number of urea groups is 1. The molecule has 2 aliphatic rings. The van der Waals surface area contributed by atoms with Crippen LogP contribution in [0.25, 0.3) is 0 Å². The molecule has 0 bridgehead atoms. The minimum atomic E-state index is -0.480. The van der Waals surface area contributed by atoms with Crippen molar-refractivity contribution < 1.29 is 19.1 Å². The van der Waals surface area contributed by atoms with Gasteiger partial charge < -0.3 is 14.5 Å². The number of piperidine rings is 1. The van der Waals surface area contributed by atoms with Gasteiger partial charge in [-0.3, -0.25) is 14.6 Å². The molecule has 0 saturated carbocycles. The summed E-state index contributed by atoms with van der Waals surface area (Å²) in [5.74, 6) is 0.279. The molecule has 2 heterocycles. The molecule has 1 unspecified atom stereocenters. The molecule has 0 N–H and O–H groups in total. The van der Waals surface area contributed by atoms with Gasteiger partial charge >= 0.3 is 12.1 Å². The predicted octanol–water partition coefficient (Wildman–Crippen LogP) is 1.81. The zero-order valence-corrected chi connectivity index (χ0v) is 16.8. The molecule has 2 fully saturated rings. The molecule has 2 rings (SSSR count). The van der Waals surface area contributed by atoms with Gasteiger partial charge in [0.25, 0.3) is 0 Å². The molecule has 0 aromatic heterocycles. The van der Waals surface area contributed by atoms with E-state index in [4.69, 9.17) is 4.74 Å². The lowest BCUT2D eigenvalue weighted by molar-refractivity contribution is -0.133. The maximum atomic E-state index is 12.1. The summed E-state index contributed by atoms with van der Waals surface area (Å²) in [5.41, 5.74) is -0.480. The van der Waals surface area contributed by atoms with E-state index in [0.717, 1.165) is 19.4 Å². The summed E-state index contributed by atoms with van der Waals surface area (Å²) < 4.78 is 5.43. The van der Waals surface area contributed by atoms with Crippen molar-refractivity contribution in [2.45, 2.75) is 51.8 Å². The number of rotatable bonds is 3. The van der Waals surface area contributed by atoms with Crippen molar-refractivity contribution in [2.24, 2.45) is 5.92 Å². The SMILES string of the molecule is CN1C(=O)CC(N(C)CC2CCN(C(=O)OC(C)(C)C)CC2)N(C)C1=O. The third kappa shape index (κ3) is 4.87. The highest BCUT2D eigenvalue weighted by molar-refractivity contribution is 5.96. The zero-order valence-electron chi connectivity index (χ0n) is 16.8. The molecule has 26 heavy (non-hydrogen) atoms. The highest BCUT2D eigenvalue weighted by Crippen LogP contribution is 2.23. The van der Waals surface area contributed by atoms with Crippen molar-refractivity contribution in [3.8, 4) is 0 Å². The van der Waals surface area contributed by atoms with E-state index in [1.807, 2.05) is 27.8 Å². The van der Waals surface area contributed by atoms with Crippen LogP contribution >= 0.6 is 0 Å². The van der Waals surface area contributed by atoms with E-state index in [0.29, 0.717) is 25.4 Å². The van der Waals surface area contributed by atoms with E-state index < -0.39 is 5.60 Å². The van der Waals surface area contributed by atoms with Gasteiger partial charge in [0.2, 0.25) is 5.91 Å². The number of likely N-dealkylation sites (tertiary alicyclic amines) is 1. The Morgan fingerprint density at radius 1 is 1.19 bits per heavy atom. The van der Waals surface area contributed by atoms with Crippen LogP contribution < -0.4 is 0 Å². The van der Waals surface area contributed by atoms with Gasteiger partial charge in [-0.05, 0) is 46.6 Å². The summed E-state index contributed by atoms with van der Waals surface area (Å²) in [6, 6.07) is -0.266. The van der Waals surface area contributed by atoms with E-state index in [2.05, 4.69) is 4.90 Å². The predicted molar refractivity (Wildman–Crippen MR) is 97.5 cm³/mol. The number of ether oxygens (including phenoxy) is 1. The van der Waals surface area contributed by atoms with Crippen LogP contribution in [0.3, 0.4) is 0 Å². The third-order valence-electron chi connectivity index (χ3n) is 5.09. The smallest absolute Gasteiger partial charge is 0.410 e. The van der Waals surface area contributed by atoms with Crippen LogP contribution in [0.15, 0.2) is 0 Å². The van der Waals surface area contributed by atoms with Crippen LogP contribution in [0.5, 0.6) is 0 Å². The molecule has 1 atom stereocenters. The normalized spacial score (nSPS) is 23.0. The maximum Gasteiger partial charge on any atom is 0.410 e. The number of hydrogen-bond acceptors (Lipinski definition) is 5. The third-order valence-corrected chi connectivity index (χ3v) is 5.09. The molecule has 148 valence electrons. The second kappa shape index (κ2) is 7.82.